The molecule has 3 unspecified atom stereocenters. The summed E-state index contributed by atoms with van der Waals surface area (Å²) >= 11 is 6.17. The number of nitrogens with one attached hydrogen (secondary N) is 1. The number of fused-ring (bicyclic) bond motifs is 1. The molecule has 3 N–H and O–H groups in total. The van der Waals surface area contributed by atoms with E-state index in [4.69, 9.17) is 17.3 Å². The monoisotopic (exact) mass is 316 g/mol. The Balaban J connectivity index is 0.00000200. The van der Waals surface area contributed by atoms with E-state index < -0.39 is 6.04 Å². The maximum atomic E-state index is 12.1. The number of benzene rings is 1. The third kappa shape index (κ3) is 3.46. The molecule has 0 saturated heterocycles. The molecule has 2 rings (SSSR count). The molecule has 0 saturated carbocycles. The van der Waals surface area contributed by atoms with Crippen LogP contribution in [0, 0.1) is 5.92 Å². The molecule has 0 aromatic heterocycles. The minimum atomic E-state index is -0.437. The molecule has 0 radical (unpaired) electrons. The number of halogens is 2. The molecular formula is C15H22Cl2N2O. The van der Waals surface area contributed by atoms with Crippen molar-refractivity contribution in [2.24, 2.45) is 11.7 Å². The van der Waals surface area contributed by atoms with Crippen LogP contribution >= 0.6 is 24.0 Å². The van der Waals surface area contributed by atoms with Gasteiger partial charge in [-0.1, -0.05) is 44.0 Å². The standard InChI is InChI=1S/C15H21ClN2O.ClH/c1-3-9(2)14(17)15(19)18-13-8-7-10-11(13)5-4-6-12(10)16;/h4-6,9,13-14H,3,7-8,17H2,1-2H3,(H,18,19);1H. The first-order chi connectivity index (χ1) is 9.04. The molecule has 0 aliphatic heterocycles. The van der Waals surface area contributed by atoms with Gasteiger partial charge in [-0.3, -0.25) is 4.79 Å². The summed E-state index contributed by atoms with van der Waals surface area (Å²) in [6.45, 7) is 4.05. The van der Waals surface area contributed by atoms with Crippen molar-refractivity contribution < 1.29 is 4.79 Å². The van der Waals surface area contributed by atoms with Crippen LogP contribution in [0.15, 0.2) is 18.2 Å². The summed E-state index contributed by atoms with van der Waals surface area (Å²) in [5.41, 5.74) is 8.26. The second-order valence-corrected chi connectivity index (χ2v) is 5.73. The normalized spacial score (nSPS) is 19.7. The number of nitrogens with two attached hydrogens (primary N) is 1. The van der Waals surface area contributed by atoms with E-state index in [-0.39, 0.29) is 30.3 Å². The second-order valence-electron chi connectivity index (χ2n) is 5.32. The number of hydrogen-bond acceptors (Lipinski definition) is 2. The molecule has 3 nitrogen and oxygen atoms in total. The zero-order valence-corrected chi connectivity index (χ0v) is 13.4. The summed E-state index contributed by atoms with van der Waals surface area (Å²) in [5, 5.41) is 3.85. The highest BCUT2D eigenvalue weighted by Crippen LogP contribution is 2.35. The maximum absolute atomic E-state index is 12.1. The van der Waals surface area contributed by atoms with Gasteiger partial charge in [-0.25, -0.2) is 0 Å². The van der Waals surface area contributed by atoms with Crippen molar-refractivity contribution in [3.8, 4) is 0 Å². The van der Waals surface area contributed by atoms with Gasteiger partial charge >= 0.3 is 0 Å². The SMILES string of the molecule is CCC(C)C(N)C(=O)NC1CCc2c(Cl)cccc21.Cl. The van der Waals surface area contributed by atoms with E-state index >= 15 is 0 Å². The van der Waals surface area contributed by atoms with Crippen LogP contribution in [0.5, 0.6) is 0 Å². The number of rotatable bonds is 4. The largest absolute Gasteiger partial charge is 0.348 e. The Morgan fingerprint density at radius 1 is 1.55 bits per heavy atom. The van der Waals surface area contributed by atoms with E-state index in [1.807, 2.05) is 32.0 Å². The van der Waals surface area contributed by atoms with E-state index in [0.717, 1.165) is 35.4 Å². The molecule has 1 aliphatic carbocycles. The zero-order chi connectivity index (χ0) is 14.0. The molecule has 1 aromatic rings. The van der Waals surface area contributed by atoms with Gasteiger partial charge in [0.15, 0.2) is 0 Å². The summed E-state index contributed by atoms with van der Waals surface area (Å²) in [7, 11) is 0. The highest BCUT2D eigenvalue weighted by Gasteiger charge is 2.28. The van der Waals surface area contributed by atoms with Crippen molar-refractivity contribution in [1.29, 1.82) is 0 Å². The Bertz CT molecular complexity index is 479. The molecule has 0 bridgehead atoms. The molecule has 1 aromatic carbocycles. The highest BCUT2D eigenvalue weighted by molar-refractivity contribution is 6.31. The van der Waals surface area contributed by atoms with Crippen molar-refractivity contribution in [2.45, 2.75) is 45.2 Å². The molecule has 5 heteroatoms. The third-order valence-corrected chi connectivity index (χ3v) is 4.44. The van der Waals surface area contributed by atoms with Gasteiger partial charge in [0, 0.05) is 5.02 Å². The van der Waals surface area contributed by atoms with Crippen LogP contribution in [0.2, 0.25) is 5.02 Å². The fourth-order valence-corrected chi connectivity index (χ4v) is 2.82. The first-order valence-corrected chi connectivity index (χ1v) is 7.25. The number of hydrogen-bond donors (Lipinski definition) is 2. The van der Waals surface area contributed by atoms with E-state index in [9.17, 15) is 4.79 Å². The van der Waals surface area contributed by atoms with Crippen LogP contribution in [0.1, 0.15) is 43.9 Å². The molecule has 1 amide bonds. The summed E-state index contributed by atoms with van der Waals surface area (Å²) < 4.78 is 0. The lowest BCUT2D eigenvalue weighted by Gasteiger charge is -2.21. The maximum Gasteiger partial charge on any atom is 0.237 e. The summed E-state index contributed by atoms with van der Waals surface area (Å²) in [6.07, 6.45) is 2.72. The first-order valence-electron chi connectivity index (χ1n) is 6.87. The topological polar surface area (TPSA) is 55.1 Å². The number of carbonyl (C=O) groups excluding carboxylic acids is 1. The average Bonchev–Trinajstić information content (AvgIpc) is 2.81. The first kappa shape index (κ1) is 17.3. The number of carbonyl (C=O) groups is 1. The summed E-state index contributed by atoms with van der Waals surface area (Å²) in [5.74, 6) is 0.132. The van der Waals surface area contributed by atoms with Crippen molar-refractivity contribution in [1.82, 2.24) is 5.32 Å². The Morgan fingerprint density at radius 3 is 2.90 bits per heavy atom. The fourth-order valence-electron chi connectivity index (χ4n) is 2.54. The molecule has 0 spiro atoms. The minimum Gasteiger partial charge on any atom is -0.348 e. The lowest BCUT2D eigenvalue weighted by atomic mass is 9.98. The quantitative estimate of drug-likeness (QED) is 0.896. The van der Waals surface area contributed by atoms with Crippen molar-refractivity contribution in [3.05, 3.63) is 34.3 Å². The molecule has 20 heavy (non-hydrogen) atoms. The fraction of sp³-hybridized carbons (Fsp3) is 0.533. The van der Waals surface area contributed by atoms with Crippen LogP contribution in [-0.4, -0.2) is 11.9 Å². The Labute approximate surface area is 131 Å². The van der Waals surface area contributed by atoms with Crippen molar-refractivity contribution >= 4 is 29.9 Å². The van der Waals surface area contributed by atoms with E-state index in [1.165, 1.54) is 0 Å². The Morgan fingerprint density at radius 2 is 2.25 bits per heavy atom. The zero-order valence-electron chi connectivity index (χ0n) is 11.9. The molecule has 112 valence electrons. The lowest BCUT2D eigenvalue weighted by molar-refractivity contribution is -0.124. The number of amides is 1. The molecule has 0 heterocycles. The van der Waals surface area contributed by atoms with Crippen LogP contribution in [0.3, 0.4) is 0 Å². The van der Waals surface area contributed by atoms with Gasteiger partial charge in [0.05, 0.1) is 12.1 Å². The van der Waals surface area contributed by atoms with Gasteiger partial charge in [-0.2, -0.15) is 0 Å². The predicted molar refractivity (Wildman–Crippen MR) is 85.3 cm³/mol. The van der Waals surface area contributed by atoms with Crippen LogP contribution in [-0.2, 0) is 11.2 Å². The van der Waals surface area contributed by atoms with Gasteiger partial charge < -0.3 is 11.1 Å². The Kier molecular flexibility index (Phi) is 6.31. The van der Waals surface area contributed by atoms with Crippen molar-refractivity contribution in [2.75, 3.05) is 0 Å². The van der Waals surface area contributed by atoms with Gasteiger partial charge in [0.2, 0.25) is 5.91 Å². The predicted octanol–water partition coefficient (Wildman–Crippen LogP) is 3.24. The van der Waals surface area contributed by atoms with Gasteiger partial charge in [0.1, 0.15) is 0 Å². The van der Waals surface area contributed by atoms with E-state index in [2.05, 4.69) is 5.32 Å². The summed E-state index contributed by atoms with van der Waals surface area (Å²) in [4.78, 5) is 12.1. The van der Waals surface area contributed by atoms with Crippen LogP contribution in [0.25, 0.3) is 0 Å². The molecule has 3 atom stereocenters. The molecule has 0 fully saturated rings. The van der Waals surface area contributed by atoms with Gasteiger partial charge in [-0.15, -0.1) is 12.4 Å². The van der Waals surface area contributed by atoms with Gasteiger partial charge in [0.25, 0.3) is 0 Å². The highest BCUT2D eigenvalue weighted by atomic mass is 35.5. The van der Waals surface area contributed by atoms with E-state index in [0.29, 0.717) is 0 Å². The van der Waals surface area contributed by atoms with Crippen LogP contribution in [0.4, 0.5) is 0 Å². The minimum absolute atomic E-state index is 0. The van der Waals surface area contributed by atoms with Gasteiger partial charge in [-0.05, 0) is 36.0 Å². The summed E-state index contributed by atoms with van der Waals surface area (Å²) in [6, 6.07) is 5.48. The van der Waals surface area contributed by atoms with Crippen molar-refractivity contribution in [3.63, 3.8) is 0 Å². The second kappa shape index (κ2) is 7.30. The molecular weight excluding hydrogens is 295 g/mol. The average molecular weight is 317 g/mol. The van der Waals surface area contributed by atoms with Crippen LogP contribution < -0.4 is 11.1 Å². The third-order valence-electron chi connectivity index (χ3n) is 4.09. The smallest absolute Gasteiger partial charge is 0.237 e. The lowest BCUT2D eigenvalue weighted by Crippen LogP contribution is -2.45. The van der Waals surface area contributed by atoms with E-state index in [1.54, 1.807) is 0 Å². The molecule has 1 aliphatic rings. The Hall–Kier alpha value is -0.770.